The van der Waals surface area contributed by atoms with E-state index >= 15 is 0 Å². The molecule has 3 nitrogen and oxygen atoms in total. The first kappa shape index (κ1) is 4.88. The van der Waals surface area contributed by atoms with Gasteiger partial charge >= 0.3 is 0 Å². The van der Waals surface area contributed by atoms with Crippen LogP contribution in [0.1, 0.15) is 0 Å². The Morgan fingerprint density at radius 2 is 1.20 bits per heavy atom. The Kier molecular flexibility index (Phi) is 0.908. The van der Waals surface area contributed by atoms with E-state index in [1.54, 1.807) is 0 Å². The van der Waals surface area contributed by atoms with Gasteiger partial charge in [0.1, 0.15) is 14.1 Å². The molecule has 0 unspecified atom stereocenters. The normalized spacial score (nSPS) is 12.0. The number of hydrogen-bond donors (Lipinski definition) is 2. The molecule has 0 atom stereocenters. The second-order valence-electron chi connectivity index (χ2n) is 1.34. The lowest BCUT2D eigenvalue weighted by molar-refractivity contribution is -1.22. The number of nitrogens with zero attached hydrogens (tertiary/aromatic N) is 1. The molecule has 0 aliphatic rings. The van der Waals surface area contributed by atoms with Crippen LogP contribution in [0.3, 0.4) is 0 Å². The van der Waals surface area contributed by atoms with Crippen molar-refractivity contribution in [2.75, 3.05) is 14.1 Å². The van der Waals surface area contributed by atoms with Crippen molar-refractivity contribution >= 4 is 0 Å². The number of hydroxylamine groups is 4. The minimum atomic E-state index is -1.00. The second-order valence-corrected chi connectivity index (χ2v) is 1.34. The van der Waals surface area contributed by atoms with Crippen LogP contribution in [0.15, 0.2) is 0 Å². The Bertz CT molecular complexity index is 23.1. The van der Waals surface area contributed by atoms with E-state index in [0.717, 1.165) is 0 Å². The van der Waals surface area contributed by atoms with Gasteiger partial charge in [0.05, 0.1) is 0 Å². The maximum atomic E-state index is 8.01. The molecule has 0 saturated heterocycles. The van der Waals surface area contributed by atoms with Gasteiger partial charge in [-0.2, -0.15) is 10.4 Å². The fourth-order valence-corrected chi connectivity index (χ4v) is 0. The molecule has 0 aromatic rings. The molecule has 0 aliphatic carbocycles. The van der Waals surface area contributed by atoms with Crippen LogP contribution in [0, 0.1) is 0 Å². The summed E-state index contributed by atoms with van der Waals surface area (Å²) >= 11 is 0. The van der Waals surface area contributed by atoms with Crippen LogP contribution in [0.2, 0.25) is 0 Å². The number of hydrogen-bond acceptors (Lipinski definition) is 2. The molecule has 0 amide bonds. The molecule has 0 spiro atoms. The van der Waals surface area contributed by atoms with Gasteiger partial charge in [-0.3, -0.25) is 0 Å². The zero-order chi connectivity index (χ0) is 4.50. The smallest absolute Gasteiger partial charge is 0.131 e. The van der Waals surface area contributed by atoms with Crippen molar-refractivity contribution in [1.82, 2.24) is 0 Å². The summed E-state index contributed by atoms with van der Waals surface area (Å²) in [6.45, 7) is 0. The van der Waals surface area contributed by atoms with Gasteiger partial charge in [0.2, 0.25) is 0 Å². The molecule has 32 valence electrons. The molecule has 0 aromatic heterocycles. The first-order chi connectivity index (χ1) is 2.00. The summed E-state index contributed by atoms with van der Waals surface area (Å²) in [6, 6.07) is 0. The van der Waals surface area contributed by atoms with Gasteiger partial charge in [-0.15, -0.1) is 0 Å². The Hall–Kier alpha value is -0.120. The van der Waals surface area contributed by atoms with Crippen LogP contribution in [0.5, 0.6) is 0 Å². The first-order valence-corrected chi connectivity index (χ1v) is 1.29. The molecular formula is C2H8NO2+. The predicted molar refractivity (Wildman–Crippen MR) is 15.7 cm³/mol. The first-order valence-electron chi connectivity index (χ1n) is 1.29. The predicted octanol–water partition coefficient (Wildman–Crippen LogP) is -0.159. The third-order valence-electron chi connectivity index (χ3n) is 0. The summed E-state index contributed by atoms with van der Waals surface area (Å²) in [4.78, 5) is -1.00. The molecule has 0 heterocycles. The summed E-state index contributed by atoms with van der Waals surface area (Å²) < 4.78 is 0. The van der Waals surface area contributed by atoms with Crippen LogP contribution in [-0.4, -0.2) is 29.3 Å². The SMILES string of the molecule is C[N+](C)(O)O. The van der Waals surface area contributed by atoms with Gasteiger partial charge in [0, 0.05) is 0 Å². The van der Waals surface area contributed by atoms with Crippen LogP contribution in [-0.2, 0) is 0 Å². The van der Waals surface area contributed by atoms with Gasteiger partial charge in [-0.05, 0) is 0 Å². The fraction of sp³-hybridized carbons (Fsp3) is 1.00. The molecule has 5 heavy (non-hydrogen) atoms. The quantitative estimate of drug-likeness (QED) is 0.312. The van der Waals surface area contributed by atoms with E-state index in [-0.39, 0.29) is 0 Å². The fourth-order valence-electron chi connectivity index (χ4n) is 0. The molecule has 0 rings (SSSR count). The van der Waals surface area contributed by atoms with E-state index in [9.17, 15) is 0 Å². The lowest BCUT2D eigenvalue weighted by Gasteiger charge is -2.04. The maximum absolute atomic E-state index is 8.01. The molecule has 0 aromatic carbocycles. The van der Waals surface area contributed by atoms with Crippen molar-refractivity contribution in [3.8, 4) is 0 Å². The van der Waals surface area contributed by atoms with E-state index in [0.29, 0.717) is 0 Å². The molecule has 2 N–H and O–H groups in total. The molecule has 3 heteroatoms. The van der Waals surface area contributed by atoms with Crippen molar-refractivity contribution in [2.45, 2.75) is 0 Å². The molecule has 0 saturated carbocycles. The largest absolute Gasteiger partial charge is 0.183 e. The summed E-state index contributed by atoms with van der Waals surface area (Å²) in [6.07, 6.45) is 0. The van der Waals surface area contributed by atoms with Crippen molar-refractivity contribution < 1.29 is 15.2 Å². The lowest BCUT2D eigenvalue weighted by atomic mass is 11.2. The van der Waals surface area contributed by atoms with Crippen molar-refractivity contribution in [3.63, 3.8) is 0 Å². The molecule has 0 radical (unpaired) electrons. The molecular weight excluding hydrogens is 70.0 g/mol. The highest BCUT2D eigenvalue weighted by atomic mass is 16.8. The Morgan fingerprint density at radius 1 is 1.20 bits per heavy atom. The van der Waals surface area contributed by atoms with Gasteiger partial charge in [-0.25, -0.2) is 0 Å². The third-order valence-corrected chi connectivity index (χ3v) is 0. The monoisotopic (exact) mass is 78.1 g/mol. The molecule has 0 aliphatic heterocycles. The van der Waals surface area contributed by atoms with Gasteiger partial charge in [-0.1, -0.05) is 4.81 Å². The zero-order valence-electron chi connectivity index (χ0n) is 3.34. The van der Waals surface area contributed by atoms with Crippen LogP contribution in [0.25, 0.3) is 0 Å². The summed E-state index contributed by atoms with van der Waals surface area (Å²) in [5, 5.41) is 16.0. The Morgan fingerprint density at radius 3 is 1.20 bits per heavy atom. The molecule has 0 fully saturated rings. The van der Waals surface area contributed by atoms with Crippen molar-refractivity contribution in [1.29, 1.82) is 0 Å². The highest BCUT2D eigenvalue weighted by Crippen LogP contribution is 1.71. The van der Waals surface area contributed by atoms with Crippen LogP contribution in [0.4, 0.5) is 0 Å². The van der Waals surface area contributed by atoms with Gasteiger partial charge in [0.25, 0.3) is 0 Å². The zero-order valence-corrected chi connectivity index (χ0v) is 3.34. The second kappa shape index (κ2) is 0.931. The minimum absolute atomic E-state index is 1.00. The topological polar surface area (TPSA) is 40.5 Å². The van der Waals surface area contributed by atoms with E-state index < -0.39 is 4.81 Å². The number of rotatable bonds is 0. The summed E-state index contributed by atoms with van der Waals surface area (Å²) in [5.74, 6) is 0. The van der Waals surface area contributed by atoms with E-state index in [1.165, 1.54) is 14.1 Å². The van der Waals surface area contributed by atoms with E-state index in [2.05, 4.69) is 0 Å². The third kappa shape index (κ3) is 952. The highest BCUT2D eigenvalue weighted by Gasteiger charge is 1.97. The highest BCUT2D eigenvalue weighted by molar-refractivity contribution is 3.54. The number of quaternary nitrogens is 1. The van der Waals surface area contributed by atoms with Gasteiger partial charge < -0.3 is 0 Å². The molecule has 0 bridgehead atoms. The van der Waals surface area contributed by atoms with Crippen LogP contribution >= 0.6 is 0 Å². The standard InChI is InChI=1S/C2H8NO2/c1-3(2,4)5/h4-5H,1-2H3/q+1. The van der Waals surface area contributed by atoms with Gasteiger partial charge in [0.15, 0.2) is 0 Å². The van der Waals surface area contributed by atoms with E-state index in [1.807, 2.05) is 0 Å². The Labute approximate surface area is 30.6 Å². The average Bonchev–Trinajstić information content (AvgIpc) is 0.722. The van der Waals surface area contributed by atoms with Crippen molar-refractivity contribution in [2.24, 2.45) is 0 Å². The summed E-state index contributed by atoms with van der Waals surface area (Å²) in [5.41, 5.74) is 0. The van der Waals surface area contributed by atoms with Crippen molar-refractivity contribution in [3.05, 3.63) is 0 Å². The van der Waals surface area contributed by atoms with Crippen LogP contribution < -0.4 is 0 Å². The Balaban J connectivity index is 3.02. The van der Waals surface area contributed by atoms with E-state index in [4.69, 9.17) is 10.4 Å². The average molecular weight is 78.1 g/mol. The maximum Gasteiger partial charge on any atom is 0.131 e. The minimum Gasteiger partial charge on any atom is -0.183 e. The summed E-state index contributed by atoms with van der Waals surface area (Å²) in [7, 11) is 2.47. The lowest BCUT2D eigenvalue weighted by Crippen LogP contribution is -2.29.